The van der Waals surface area contributed by atoms with Gasteiger partial charge in [0, 0.05) is 18.6 Å². The van der Waals surface area contributed by atoms with Gasteiger partial charge in [-0.2, -0.15) is 5.26 Å². The molecule has 2 heteroatoms. The van der Waals surface area contributed by atoms with E-state index in [-0.39, 0.29) is 11.0 Å². The van der Waals surface area contributed by atoms with Crippen molar-refractivity contribution in [2.75, 3.05) is 13.1 Å². The maximum atomic E-state index is 8.97. The Labute approximate surface area is 74.2 Å². The number of piperidine rings is 1. The molecule has 1 saturated carbocycles. The van der Waals surface area contributed by atoms with Gasteiger partial charge in [-0.25, -0.2) is 0 Å². The molecule has 2 fully saturated rings. The molecule has 1 saturated heterocycles. The van der Waals surface area contributed by atoms with Crippen LogP contribution in [0.2, 0.25) is 0 Å². The zero-order valence-corrected chi connectivity index (χ0v) is 8.09. The molecule has 0 radical (unpaired) electrons. The molecule has 2 atom stereocenters. The summed E-state index contributed by atoms with van der Waals surface area (Å²) in [6, 6.07) is 2.47. The summed E-state index contributed by atoms with van der Waals surface area (Å²) in [6.07, 6.45) is 1.15. The van der Waals surface area contributed by atoms with Crippen LogP contribution < -0.4 is 0 Å². The van der Waals surface area contributed by atoms with E-state index in [4.69, 9.17) is 5.26 Å². The van der Waals surface area contributed by atoms with Crippen LogP contribution >= 0.6 is 0 Å². The zero-order chi connectivity index (χ0) is 8.98. The predicted molar refractivity (Wildman–Crippen MR) is 47.5 cm³/mol. The van der Waals surface area contributed by atoms with Gasteiger partial charge >= 0.3 is 0 Å². The van der Waals surface area contributed by atoms with Gasteiger partial charge in [0.1, 0.15) is 0 Å². The zero-order valence-electron chi connectivity index (χ0n) is 8.09. The highest BCUT2D eigenvalue weighted by Gasteiger charge is 2.61. The fraction of sp³-hybridized carbons (Fsp3) is 0.900. The van der Waals surface area contributed by atoms with E-state index in [1.54, 1.807) is 0 Å². The molecule has 0 aromatic heterocycles. The molecule has 1 aliphatic heterocycles. The van der Waals surface area contributed by atoms with Crippen LogP contribution in [0.15, 0.2) is 0 Å². The van der Waals surface area contributed by atoms with Crippen LogP contribution in [-0.2, 0) is 0 Å². The fourth-order valence-corrected chi connectivity index (χ4v) is 2.17. The third-order valence-corrected chi connectivity index (χ3v) is 3.32. The van der Waals surface area contributed by atoms with Gasteiger partial charge in [0.05, 0.1) is 11.5 Å². The minimum absolute atomic E-state index is 0.0628. The first-order valence-electron chi connectivity index (χ1n) is 4.64. The molecule has 2 rings (SSSR count). The van der Waals surface area contributed by atoms with E-state index < -0.39 is 0 Å². The number of rotatable bonds is 0. The van der Waals surface area contributed by atoms with Crippen molar-refractivity contribution >= 4 is 0 Å². The van der Waals surface area contributed by atoms with Crippen LogP contribution in [0, 0.1) is 22.7 Å². The van der Waals surface area contributed by atoms with E-state index in [1.807, 2.05) is 0 Å². The van der Waals surface area contributed by atoms with Crippen LogP contribution in [-0.4, -0.2) is 23.5 Å². The first-order valence-corrected chi connectivity index (χ1v) is 4.64. The van der Waals surface area contributed by atoms with Crippen molar-refractivity contribution < 1.29 is 0 Å². The van der Waals surface area contributed by atoms with Crippen molar-refractivity contribution in [3.05, 3.63) is 0 Å². The molecule has 1 aliphatic carbocycles. The average Bonchev–Trinajstić information content (AvgIpc) is 2.53. The van der Waals surface area contributed by atoms with Crippen molar-refractivity contribution in [2.45, 2.75) is 32.7 Å². The van der Waals surface area contributed by atoms with Crippen molar-refractivity contribution in [3.63, 3.8) is 0 Å². The molecule has 0 bridgehead atoms. The Morgan fingerprint density at radius 2 is 2.17 bits per heavy atom. The molecule has 0 spiro atoms. The lowest BCUT2D eigenvalue weighted by Crippen LogP contribution is -2.41. The topological polar surface area (TPSA) is 27.0 Å². The second kappa shape index (κ2) is 2.03. The summed E-state index contributed by atoms with van der Waals surface area (Å²) in [5.41, 5.74) is 0.310. The lowest BCUT2D eigenvalue weighted by atomic mass is 10.0. The maximum absolute atomic E-state index is 8.97. The van der Waals surface area contributed by atoms with Gasteiger partial charge in [-0.15, -0.1) is 0 Å². The van der Waals surface area contributed by atoms with Gasteiger partial charge < -0.3 is 0 Å². The van der Waals surface area contributed by atoms with Crippen LogP contribution in [0.25, 0.3) is 0 Å². The van der Waals surface area contributed by atoms with E-state index in [0.717, 1.165) is 19.5 Å². The van der Waals surface area contributed by atoms with Crippen LogP contribution in [0.5, 0.6) is 0 Å². The standard InChI is InChI=1S/C10H16N2/c1-9(2,3)12-5-8-4-10(8,6-11)7-12/h8H,4-5,7H2,1-3H3. The summed E-state index contributed by atoms with van der Waals surface area (Å²) in [5.74, 6) is 0.682. The lowest BCUT2D eigenvalue weighted by Gasteiger charge is -2.33. The second-order valence-corrected chi connectivity index (χ2v) is 5.22. The number of nitriles is 1. The molecule has 12 heavy (non-hydrogen) atoms. The minimum Gasteiger partial charge on any atom is -0.297 e. The molecule has 2 aliphatic rings. The molecule has 2 unspecified atom stereocenters. The Bertz CT molecular complexity index is 246. The summed E-state index contributed by atoms with van der Waals surface area (Å²) in [4.78, 5) is 2.43. The fourth-order valence-electron chi connectivity index (χ4n) is 2.17. The third-order valence-electron chi connectivity index (χ3n) is 3.32. The smallest absolute Gasteiger partial charge is 0.0745 e. The highest BCUT2D eigenvalue weighted by Crippen LogP contribution is 2.58. The highest BCUT2D eigenvalue weighted by molar-refractivity contribution is 5.22. The van der Waals surface area contributed by atoms with E-state index >= 15 is 0 Å². The van der Waals surface area contributed by atoms with Gasteiger partial charge in [0.25, 0.3) is 0 Å². The Hall–Kier alpha value is -0.550. The van der Waals surface area contributed by atoms with Gasteiger partial charge in [0.15, 0.2) is 0 Å². The number of fused-ring (bicyclic) bond motifs is 1. The normalized spacial score (nSPS) is 40.7. The van der Waals surface area contributed by atoms with Gasteiger partial charge in [0.2, 0.25) is 0 Å². The van der Waals surface area contributed by atoms with E-state index in [2.05, 4.69) is 31.7 Å². The van der Waals surface area contributed by atoms with Crippen LogP contribution in [0.4, 0.5) is 0 Å². The number of hydrogen-bond acceptors (Lipinski definition) is 2. The van der Waals surface area contributed by atoms with Gasteiger partial charge in [-0.3, -0.25) is 4.90 Å². The molecular weight excluding hydrogens is 148 g/mol. The summed E-state index contributed by atoms with van der Waals surface area (Å²) < 4.78 is 0. The SMILES string of the molecule is CC(C)(C)N1CC2CC2(C#N)C1. The molecule has 66 valence electrons. The van der Waals surface area contributed by atoms with Crippen molar-refractivity contribution in [3.8, 4) is 6.07 Å². The largest absolute Gasteiger partial charge is 0.297 e. The summed E-state index contributed by atoms with van der Waals surface area (Å²) >= 11 is 0. The Morgan fingerprint density at radius 1 is 1.50 bits per heavy atom. The molecular formula is C10H16N2. The maximum Gasteiger partial charge on any atom is 0.0745 e. The van der Waals surface area contributed by atoms with Crippen molar-refractivity contribution in [1.29, 1.82) is 5.26 Å². The summed E-state index contributed by atoms with van der Waals surface area (Å²) in [7, 11) is 0. The van der Waals surface area contributed by atoms with Crippen LogP contribution in [0.1, 0.15) is 27.2 Å². The number of hydrogen-bond donors (Lipinski definition) is 0. The molecule has 0 amide bonds. The Morgan fingerprint density at radius 3 is 2.50 bits per heavy atom. The predicted octanol–water partition coefficient (Wildman–Crippen LogP) is 1.63. The number of nitrogens with zero attached hydrogens (tertiary/aromatic N) is 2. The third kappa shape index (κ3) is 0.964. The van der Waals surface area contributed by atoms with Crippen molar-refractivity contribution in [1.82, 2.24) is 4.90 Å². The van der Waals surface area contributed by atoms with Crippen LogP contribution in [0.3, 0.4) is 0 Å². The molecule has 0 aromatic rings. The average molecular weight is 164 g/mol. The minimum atomic E-state index is 0.0628. The summed E-state index contributed by atoms with van der Waals surface area (Å²) in [5, 5.41) is 8.97. The second-order valence-electron chi connectivity index (χ2n) is 5.22. The van der Waals surface area contributed by atoms with Gasteiger partial charge in [-0.05, 0) is 33.1 Å². The quantitative estimate of drug-likeness (QED) is 0.544. The van der Waals surface area contributed by atoms with E-state index in [0.29, 0.717) is 5.92 Å². The van der Waals surface area contributed by atoms with Gasteiger partial charge in [-0.1, -0.05) is 0 Å². The molecule has 0 aromatic carbocycles. The number of likely N-dealkylation sites (tertiary alicyclic amines) is 1. The first kappa shape index (κ1) is 8.07. The monoisotopic (exact) mass is 164 g/mol. The van der Waals surface area contributed by atoms with E-state index in [9.17, 15) is 0 Å². The molecule has 1 heterocycles. The Kier molecular flexibility index (Phi) is 1.36. The highest BCUT2D eigenvalue weighted by atomic mass is 15.2. The van der Waals surface area contributed by atoms with E-state index in [1.165, 1.54) is 0 Å². The molecule has 0 N–H and O–H groups in total. The summed E-state index contributed by atoms with van der Waals surface area (Å²) in [6.45, 7) is 8.81. The lowest BCUT2D eigenvalue weighted by molar-refractivity contribution is 0.150. The Balaban J connectivity index is 2.08. The molecule has 2 nitrogen and oxygen atoms in total. The first-order chi connectivity index (χ1) is 5.48. The van der Waals surface area contributed by atoms with Crippen molar-refractivity contribution in [2.24, 2.45) is 11.3 Å².